The molecule has 2 aliphatic rings. The van der Waals surface area contributed by atoms with Gasteiger partial charge in [0.1, 0.15) is 0 Å². The minimum Gasteiger partial charge on any atom is -0.343 e. The van der Waals surface area contributed by atoms with Crippen LogP contribution in [0.4, 0.5) is 0 Å². The molecule has 0 aromatic heterocycles. The molecule has 2 fully saturated rings. The van der Waals surface area contributed by atoms with Gasteiger partial charge >= 0.3 is 0 Å². The van der Waals surface area contributed by atoms with Crippen LogP contribution in [-0.4, -0.2) is 29.9 Å². The molecule has 0 aromatic carbocycles. The Labute approximate surface area is 85.6 Å². The number of rotatable bonds is 2. The number of carbonyl (C=O) groups is 1. The zero-order valence-electron chi connectivity index (χ0n) is 8.74. The van der Waals surface area contributed by atoms with Crippen LogP contribution >= 0.6 is 0 Å². The molecule has 0 unspecified atom stereocenters. The fourth-order valence-electron chi connectivity index (χ4n) is 2.22. The van der Waals surface area contributed by atoms with E-state index in [0.717, 1.165) is 32.4 Å². The molecule has 0 atom stereocenters. The van der Waals surface area contributed by atoms with Crippen molar-refractivity contribution in [3.8, 4) is 0 Å². The highest BCUT2D eigenvalue weighted by Gasteiger charge is 2.25. The smallest absolute Gasteiger partial charge is 0.222 e. The molecule has 1 saturated carbocycles. The van der Waals surface area contributed by atoms with Gasteiger partial charge in [-0.2, -0.15) is 0 Å². The molecule has 0 bridgehead atoms. The van der Waals surface area contributed by atoms with Gasteiger partial charge in [-0.05, 0) is 31.6 Å². The van der Waals surface area contributed by atoms with Crippen molar-refractivity contribution in [2.75, 3.05) is 13.1 Å². The highest BCUT2D eigenvalue weighted by atomic mass is 16.2. The summed E-state index contributed by atoms with van der Waals surface area (Å²) < 4.78 is 0. The second-order valence-electron chi connectivity index (χ2n) is 4.72. The van der Waals surface area contributed by atoms with Gasteiger partial charge in [0.25, 0.3) is 0 Å². The molecular weight excluding hydrogens is 176 g/mol. The summed E-state index contributed by atoms with van der Waals surface area (Å²) in [5, 5.41) is 0. The summed E-state index contributed by atoms with van der Waals surface area (Å²) in [5.41, 5.74) is 5.80. The van der Waals surface area contributed by atoms with Crippen molar-refractivity contribution >= 4 is 5.91 Å². The number of hydrogen-bond acceptors (Lipinski definition) is 2. The molecule has 0 spiro atoms. The first-order valence-electron chi connectivity index (χ1n) is 5.79. The first-order valence-corrected chi connectivity index (χ1v) is 5.79. The predicted molar refractivity (Wildman–Crippen MR) is 55.7 cm³/mol. The van der Waals surface area contributed by atoms with E-state index in [4.69, 9.17) is 5.73 Å². The van der Waals surface area contributed by atoms with E-state index in [-0.39, 0.29) is 0 Å². The maximum Gasteiger partial charge on any atom is 0.222 e. The third kappa shape index (κ3) is 2.27. The number of nitrogens with zero attached hydrogens (tertiary/aromatic N) is 1. The summed E-state index contributed by atoms with van der Waals surface area (Å²) in [4.78, 5) is 13.8. The zero-order valence-corrected chi connectivity index (χ0v) is 8.74. The van der Waals surface area contributed by atoms with Crippen LogP contribution in [-0.2, 0) is 4.79 Å². The van der Waals surface area contributed by atoms with Gasteiger partial charge in [-0.3, -0.25) is 4.79 Å². The van der Waals surface area contributed by atoms with Gasteiger partial charge in [0.15, 0.2) is 0 Å². The van der Waals surface area contributed by atoms with Gasteiger partial charge in [0.05, 0.1) is 0 Å². The minimum absolute atomic E-state index is 0.322. The van der Waals surface area contributed by atoms with Crippen LogP contribution in [0.1, 0.15) is 38.5 Å². The number of piperidine rings is 1. The van der Waals surface area contributed by atoms with Gasteiger partial charge in [-0.25, -0.2) is 0 Å². The first kappa shape index (κ1) is 9.97. The largest absolute Gasteiger partial charge is 0.343 e. The standard InChI is InChI=1S/C11H20N2O/c12-10-4-6-13(7-5-10)11(14)8-9-2-1-3-9/h9-10H,1-8,12H2. The molecule has 14 heavy (non-hydrogen) atoms. The van der Waals surface area contributed by atoms with Crippen molar-refractivity contribution in [1.82, 2.24) is 4.90 Å². The lowest BCUT2D eigenvalue weighted by atomic mass is 9.82. The Bertz CT molecular complexity index is 205. The first-order chi connectivity index (χ1) is 6.75. The molecule has 80 valence electrons. The van der Waals surface area contributed by atoms with Gasteiger partial charge in [0, 0.05) is 25.6 Å². The summed E-state index contributed by atoms with van der Waals surface area (Å²) >= 11 is 0. The number of carbonyl (C=O) groups excluding carboxylic acids is 1. The van der Waals surface area contributed by atoms with Crippen LogP contribution in [0.25, 0.3) is 0 Å². The normalized spacial score (nSPS) is 24.8. The molecule has 0 aromatic rings. The average Bonchev–Trinajstić information content (AvgIpc) is 2.12. The van der Waals surface area contributed by atoms with E-state index in [2.05, 4.69) is 0 Å². The number of likely N-dealkylation sites (tertiary alicyclic amines) is 1. The monoisotopic (exact) mass is 196 g/mol. The van der Waals surface area contributed by atoms with Gasteiger partial charge in [-0.1, -0.05) is 6.42 Å². The zero-order chi connectivity index (χ0) is 9.97. The average molecular weight is 196 g/mol. The molecule has 3 nitrogen and oxygen atoms in total. The molecule has 3 heteroatoms. The Balaban J connectivity index is 1.74. The molecule has 1 saturated heterocycles. The van der Waals surface area contributed by atoms with Crippen LogP contribution in [0.3, 0.4) is 0 Å². The molecule has 1 aliphatic heterocycles. The summed E-state index contributed by atoms with van der Waals surface area (Å²) in [6.45, 7) is 1.76. The lowest BCUT2D eigenvalue weighted by molar-refractivity contribution is -0.133. The second kappa shape index (κ2) is 4.30. The SMILES string of the molecule is NC1CCN(C(=O)CC2CCC2)CC1. The summed E-state index contributed by atoms with van der Waals surface area (Å²) in [6.07, 6.45) is 6.60. The molecule has 2 rings (SSSR count). The highest BCUT2D eigenvalue weighted by Crippen LogP contribution is 2.30. The van der Waals surface area contributed by atoms with Crippen LogP contribution in [0, 0.1) is 5.92 Å². The van der Waals surface area contributed by atoms with E-state index in [1.165, 1.54) is 19.3 Å². The van der Waals surface area contributed by atoms with Crippen molar-refractivity contribution in [2.45, 2.75) is 44.6 Å². The molecule has 1 amide bonds. The van der Waals surface area contributed by atoms with Crippen molar-refractivity contribution in [1.29, 1.82) is 0 Å². The summed E-state index contributed by atoms with van der Waals surface area (Å²) in [6, 6.07) is 0.322. The summed E-state index contributed by atoms with van der Waals surface area (Å²) in [5.74, 6) is 1.06. The summed E-state index contributed by atoms with van der Waals surface area (Å²) in [7, 11) is 0. The Hall–Kier alpha value is -0.570. The minimum atomic E-state index is 0.322. The molecule has 1 heterocycles. The molecule has 0 radical (unpaired) electrons. The van der Waals surface area contributed by atoms with Crippen LogP contribution in [0.5, 0.6) is 0 Å². The Morgan fingerprint density at radius 2 is 1.86 bits per heavy atom. The van der Waals surface area contributed by atoms with Crippen molar-refractivity contribution < 1.29 is 4.79 Å². The van der Waals surface area contributed by atoms with Gasteiger partial charge in [0.2, 0.25) is 5.91 Å². The van der Waals surface area contributed by atoms with Crippen molar-refractivity contribution in [2.24, 2.45) is 11.7 Å². The fraction of sp³-hybridized carbons (Fsp3) is 0.909. The maximum absolute atomic E-state index is 11.8. The van der Waals surface area contributed by atoms with Crippen LogP contribution in [0.2, 0.25) is 0 Å². The lowest BCUT2D eigenvalue weighted by Crippen LogP contribution is -2.43. The van der Waals surface area contributed by atoms with E-state index in [0.29, 0.717) is 17.9 Å². The van der Waals surface area contributed by atoms with E-state index >= 15 is 0 Å². The number of hydrogen-bond donors (Lipinski definition) is 1. The topological polar surface area (TPSA) is 46.3 Å². The second-order valence-corrected chi connectivity index (χ2v) is 4.72. The van der Waals surface area contributed by atoms with Crippen molar-refractivity contribution in [3.05, 3.63) is 0 Å². The third-order valence-electron chi connectivity index (χ3n) is 3.58. The van der Waals surface area contributed by atoms with E-state index in [1.54, 1.807) is 0 Å². The molecule has 1 aliphatic carbocycles. The Morgan fingerprint density at radius 3 is 2.36 bits per heavy atom. The van der Waals surface area contributed by atoms with Crippen LogP contribution < -0.4 is 5.73 Å². The number of amides is 1. The van der Waals surface area contributed by atoms with Crippen LogP contribution in [0.15, 0.2) is 0 Å². The lowest BCUT2D eigenvalue weighted by Gasteiger charge is -2.33. The molecule has 2 N–H and O–H groups in total. The quantitative estimate of drug-likeness (QED) is 0.719. The molecular formula is C11H20N2O. The highest BCUT2D eigenvalue weighted by molar-refractivity contribution is 5.76. The Kier molecular flexibility index (Phi) is 3.06. The van der Waals surface area contributed by atoms with Gasteiger partial charge in [-0.15, -0.1) is 0 Å². The predicted octanol–water partition coefficient (Wildman–Crippen LogP) is 1.13. The third-order valence-corrected chi connectivity index (χ3v) is 3.58. The Morgan fingerprint density at radius 1 is 1.21 bits per heavy atom. The van der Waals surface area contributed by atoms with E-state index in [1.807, 2.05) is 4.90 Å². The maximum atomic E-state index is 11.8. The van der Waals surface area contributed by atoms with E-state index in [9.17, 15) is 4.79 Å². The van der Waals surface area contributed by atoms with Crippen molar-refractivity contribution in [3.63, 3.8) is 0 Å². The number of nitrogens with two attached hydrogens (primary N) is 1. The van der Waals surface area contributed by atoms with Gasteiger partial charge < -0.3 is 10.6 Å². The fourth-order valence-corrected chi connectivity index (χ4v) is 2.22. The van der Waals surface area contributed by atoms with E-state index < -0.39 is 0 Å².